The van der Waals surface area contributed by atoms with Crippen LogP contribution in [0.15, 0.2) is 48.5 Å². The highest BCUT2D eigenvalue weighted by Gasteiger charge is 2.42. The third-order valence-corrected chi connectivity index (χ3v) is 8.29. The molecule has 2 amide bonds. The molecule has 178 valence electrons. The van der Waals surface area contributed by atoms with E-state index in [4.69, 9.17) is 4.74 Å². The van der Waals surface area contributed by atoms with Crippen LogP contribution in [0.5, 0.6) is 0 Å². The third-order valence-electron chi connectivity index (χ3n) is 7.28. The summed E-state index contributed by atoms with van der Waals surface area (Å²) in [5.74, 6) is -0.476. The first-order chi connectivity index (χ1) is 16.5. The van der Waals surface area contributed by atoms with Crippen molar-refractivity contribution >= 4 is 29.7 Å². The number of aliphatic carboxylic acids is 1. The average molecular weight is 481 g/mol. The molecule has 34 heavy (non-hydrogen) atoms. The quantitative estimate of drug-likeness (QED) is 0.651. The first kappa shape index (κ1) is 22.8. The summed E-state index contributed by atoms with van der Waals surface area (Å²) in [6.07, 6.45) is 1.97. The summed E-state index contributed by atoms with van der Waals surface area (Å²) < 4.78 is 5.62. The zero-order valence-electron chi connectivity index (χ0n) is 18.8. The van der Waals surface area contributed by atoms with E-state index in [9.17, 15) is 19.5 Å². The second kappa shape index (κ2) is 9.70. The molecule has 2 aliphatic carbocycles. The lowest BCUT2D eigenvalue weighted by molar-refractivity contribution is -0.149. The molecular weight excluding hydrogens is 452 g/mol. The lowest BCUT2D eigenvalue weighted by Crippen LogP contribution is -2.46. The first-order valence-corrected chi connectivity index (χ1v) is 12.9. The molecule has 0 unspecified atom stereocenters. The van der Waals surface area contributed by atoms with Gasteiger partial charge < -0.3 is 20.1 Å². The van der Waals surface area contributed by atoms with Gasteiger partial charge in [-0.15, -0.1) is 11.8 Å². The summed E-state index contributed by atoms with van der Waals surface area (Å²) in [4.78, 5) is 38.6. The number of hydrogen-bond donors (Lipinski definition) is 2. The molecule has 1 saturated carbocycles. The molecule has 0 bridgehead atoms. The number of amides is 2. The molecule has 0 spiro atoms. The molecular formula is C26H28N2O5S. The Labute approximate surface area is 202 Å². The van der Waals surface area contributed by atoms with E-state index in [0.717, 1.165) is 30.4 Å². The molecule has 0 aromatic heterocycles. The number of thioether (sulfide) groups is 1. The highest BCUT2D eigenvalue weighted by Crippen LogP contribution is 2.44. The predicted molar refractivity (Wildman–Crippen MR) is 129 cm³/mol. The Morgan fingerprint density at radius 3 is 2.38 bits per heavy atom. The molecule has 1 aliphatic heterocycles. The molecule has 1 saturated heterocycles. The van der Waals surface area contributed by atoms with Crippen molar-refractivity contribution in [3.63, 3.8) is 0 Å². The highest BCUT2D eigenvalue weighted by molar-refractivity contribution is 7.99. The van der Waals surface area contributed by atoms with Gasteiger partial charge in [-0.2, -0.15) is 0 Å². The number of fused-ring (bicyclic) bond motifs is 3. The molecule has 2 fully saturated rings. The van der Waals surface area contributed by atoms with Crippen molar-refractivity contribution in [3.8, 4) is 11.1 Å². The Bertz CT molecular complexity index is 1060. The molecule has 5 rings (SSSR count). The number of carbonyl (C=O) groups is 3. The fourth-order valence-electron chi connectivity index (χ4n) is 5.55. The third kappa shape index (κ3) is 4.27. The Kier molecular flexibility index (Phi) is 6.50. The molecule has 8 heteroatoms. The van der Waals surface area contributed by atoms with E-state index in [1.807, 2.05) is 24.3 Å². The summed E-state index contributed by atoms with van der Waals surface area (Å²) in [6.45, 7) is 0.601. The van der Waals surface area contributed by atoms with Crippen LogP contribution in [0.1, 0.15) is 36.3 Å². The second-order valence-electron chi connectivity index (χ2n) is 9.17. The van der Waals surface area contributed by atoms with E-state index in [-0.39, 0.29) is 30.3 Å². The van der Waals surface area contributed by atoms with E-state index in [1.165, 1.54) is 27.8 Å². The van der Waals surface area contributed by atoms with Crippen LogP contribution >= 0.6 is 11.8 Å². The monoisotopic (exact) mass is 480 g/mol. The maximum absolute atomic E-state index is 13.1. The highest BCUT2D eigenvalue weighted by atomic mass is 32.2. The molecule has 3 aliphatic rings. The van der Waals surface area contributed by atoms with Crippen molar-refractivity contribution in [3.05, 3.63) is 59.7 Å². The SMILES string of the molecule is O=C(NC[C@@H]1CCC[C@@H]1C(=O)N1CSC[C@H]1C(=O)O)OCC1c2ccccc2-c2ccccc21. The van der Waals surface area contributed by atoms with Crippen molar-refractivity contribution in [1.29, 1.82) is 0 Å². The molecule has 2 N–H and O–H groups in total. The fourth-order valence-corrected chi connectivity index (χ4v) is 6.70. The van der Waals surface area contributed by atoms with Crippen LogP contribution < -0.4 is 5.32 Å². The molecule has 1 heterocycles. The molecule has 7 nitrogen and oxygen atoms in total. The minimum absolute atomic E-state index is 0.000393. The maximum atomic E-state index is 13.1. The van der Waals surface area contributed by atoms with Crippen LogP contribution in [-0.2, 0) is 14.3 Å². The summed E-state index contributed by atoms with van der Waals surface area (Å²) >= 11 is 1.47. The summed E-state index contributed by atoms with van der Waals surface area (Å²) in [5, 5.41) is 12.3. The number of carboxylic acid groups (broad SMARTS) is 1. The molecule has 2 aromatic carbocycles. The minimum atomic E-state index is -0.954. The van der Waals surface area contributed by atoms with Gasteiger partial charge in [-0.25, -0.2) is 9.59 Å². The van der Waals surface area contributed by atoms with Gasteiger partial charge in [-0.05, 0) is 41.0 Å². The van der Waals surface area contributed by atoms with Gasteiger partial charge in [0.15, 0.2) is 0 Å². The first-order valence-electron chi connectivity index (χ1n) is 11.7. The van der Waals surface area contributed by atoms with Crippen LogP contribution in [0.3, 0.4) is 0 Å². The zero-order valence-corrected chi connectivity index (χ0v) is 19.6. The van der Waals surface area contributed by atoms with E-state index < -0.39 is 18.1 Å². The Balaban J connectivity index is 1.17. The van der Waals surface area contributed by atoms with Crippen LogP contribution in [-0.4, -0.2) is 58.8 Å². The lowest BCUT2D eigenvalue weighted by atomic mass is 9.94. The van der Waals surface area contributed by atoms with Gasteiger partial charge in [-0.1, -0.05) is 55.0 Å². The number of nitrogens with one attached hydrogen (secondary N) is 1. The predicted octanol–water partition coefficient (Wildman–Crippen LogP) is 3.93. The van der Waals surface area contributed by atoms with Crippen LogP contribution in [0.4, 0.5) is 4.79 Å². The number of benzene rings is 2. The summed E-state index contributed by atoms with van der Waals surface area (Å²) in [7, 11) is 0. The second-order valence-corrected chi connectivity index (χ2v) is 10.2. The Hall–Kier alpha value is -3.00. The van der Waals surface area contributed by atoms with E-state index in [1.54, 1.807) is 0 Å². The van der Waals surface area contributed by atoms with Gasteiger partial charge >= 0.3 is 12.1 Å². The Morgan fingerprint density at radius 1 is 1.03 bits per heavy atom. The van der Waals surface area contributed by atoms with Crippen LogP contribution in [0.25, 0.3) is 11.1 Å². The number of carbonyl (C=O) groups excluding carboxylic acids is 2. The fraction of sp³-hybridized carbons (Fsp3) is 0.423. The minimum Gasteiger partial charge on any atom is -0.480 e. The van der Waals surface area contributed by atoms with Crippen molar-refractivity contribution in [2.24, 2.45) is 11.8 Å². The summed E-state index contributed by atoms with van der Waals surface area (Å²) in [5.41, 5.74) is 4.68. The number of ether oxygens (including phenoxy) is 1. The number of alkyl carbamates (subject to hydrolysis) is 1. The number of rotatable bonds is 6. The van der Waals surface area contributed by atoms with Crippen molar-refractivity contribution in [2.45, 2.75) is 31.2 Å². The number of nitrogens with zero attached hydrogens (tertiary/aromatic N) is 1. The van der Waals surface area contributed by atoms with E-state index in [2.05, 4.69) is 29.6 Å². The van der Waals surface area contributed by atoms with E-state index >= 15 is 0 Å². The van der Waals surface area contributed by atoms with Crippen molar-refractivity contribution in [2.75, 3.05) is 24.8 Å². The van der Waals surface area contributed by atoms with Gasteiger partial charge in [-0.3, -0.25) is 4.79 Å². The van der Waals surface area contributed by atoms with Crippen LogP contribution in [0.2, 0.25) is 0 Å². The van der Waals surface area contributed by atoms with Gasteiger partial charge in [0, 0.05) is 24.1 Å². The van der Waals surface area contributed by atoms with Gasteiger partial charge in [0.05, 0.1) is 5.88 Å². The topological polar surface area (TPSA) is 95.9 Å². The van der Waals surface area contributed by atoms with Crippen molar-refractivity contribution < 1.29 is 24.2 Å². The normalized spacial score (nSPS) is 23.4. The van der Waals surface area contributed by atoms with Crippen molar-refractivity contribution in [1.82, 2.24) is 10.2 Å². The van der Waals surface area contributed by atoms with Gasteiger partial charge in [0.25, 0.3) is 0 Å². The molecule has 0 radical (unpaired) electrons. The van der Waals surface area contributed by atoms with Gasteiger partial charge in [0.1, 0.15) is 12.6 Å². The van der Waals surface area contributed by atoms with Crippen LogP contribution in [0, 0.1) is 11.8 Å². The van der Waals surface area contributed by atoms with Gasteiger partial charge in [0.2, 0.25) is 5.91 Å². The number of hydrogen-bond acceptors (Lipinski definition) is 5. The average Bonchev–Trinajstić information content (AvgIpc) is 3.59. The maximum Gasteiger partial charge on any atom is 0.407 e. The standard InChI is InChI=1S/C26H28N2O5S/c29-24(28-15-34-14-23(28)25(30)31)17-11-5-6-16(17)12-27-26(32)33-13-22-20-9-3-1-7-18(20)19-8-2-4-10-21(19)22/h1-4,7-10,16-17,22-23H,5-6,11-15H2,(H,27,32)(H,30,31)/t16-,17-,23-/m0/s1. The number of carboxylic acids is 1. The molecule has 3 atom stereocenters. The smallest absolute Gasteiger partial charge is 0.407 e. The zero-order chi connectivity index (χ0) is 23.7. The Morgan fingerprint density at radius 2 is 1.71 bits per heavy atom. The summed E-state index contributed by atoms with van der Waals surface area (Å²) in [6, 6.07) is 15.6. The largest absolute Gasteiger partial charge is 0.480 e. The van der Waals surface area contributed by atoms with E-state index in [0.29, 0.717) is 18.2 Å². The molecule has 2 aromatic rings. The lowest BCUT2D eigenvalue weighted by Gasteiger charge is -2.27.